The van der Waals surface area contributed by atoms with E-state index in [-0.39, 0.29) is 23.8 Å². The molecule has 1 amide bonds. The summed E-state index contributed by atoms with van der Waals surface area (Å²) in [6.07, 6.45) is -3.09. The van der Waals surface area contributed by atoms with Gasteiger partial charge in [0.2, 0.25) is 11.7 Å². The lowest BCUT2D eigenvalue weighted by Gasteiger charge is -2.43. The maximum Gasteiger partial charge on any atom is 0.416 e. The van der Waals surface area contributed by atoms with Crippen molar-refractivity contribution in [3.63, 3.8) is 0 Å². The third-order valence-electron chi connectivity index (χ3n) is 7.32. The van der Waals surface area contributed by atoms with E-state index in [2.05, 4.69) is 30.8 Å². The second-order valence-corrected chi connectivity index (χ2v) is 9.70. The van der Waals surface area contributed by atoms with Crippen LogP contribution in [-0.2, 0) is 15.7 Å². The number of aromatic amines is 1. The number of aromatic nitrogens is 4. The average molecular weight is 531 g/mol. The SMILES string of the molecule is CC(NC(=O)C1(N2CC[C@@H](Oc3cccc(C(F)(F)F)c3)C2)CCOCC1)c1ccc(-c2nn[nH]n2)cc1. The van der Waals surface area contributed by atoms with E-state index in [1.54, 1.807) is 0 Å². The van der Waals surface area contributed by atoms with Gasteiger partial charge in [-0.1, -0.05) is 30.3 Å². The number of alkyl halides is 3. The maximum atomic E-state index is 13.8. The fourth-order valence-electron chi connectivity index (χ4n) is 5.17. The Morgan fingerprint density at radius 1 is 1.21 bits per heavy atom. The van der Waals surface area contributed by atoms with Crippen LogP contribution in [-0.4, -0.2) is 69.4 Å². The summed E-state index contributed by atoms with van der Waals surface area (Å²) in [4.78, 5) is 15.9. The van der Waals surface area contributed by atoms with Gasteiger partial charge in [-0.3, -0.25) is 9.69 Å². The number of carbonyl (C=O) groups is 1. The first-order valence-electron chi connectivity index (χ1n) is 12.6. The average Bonchev–Trinajstić information content (AvgIpc) is 3.62. The van der Waals surface area contributed by atoms with Gasteiger partial charge in [-0.25, -0.2) is 0 Å². The molecule has 202 valence electrons. The molecule has 0 spiro atoms. The van der Waals surface area contributed by atoms with E-state index in [0.29, 0.717) is 51.4 Å². The van der Waals surface area contributed by atoms with Crippen LogP contribution in [0.1, 0.15) is 43.4 Å². The summed E-state index contributed by atoms with van der Waals surface area (Å²) in [7, 11) is 0. The molecular weight excluding hydrogens is 501 g/mol. The van der Waals surface area contributed by atoms with Crippen molar-refractivity contribution in [1.82, 2.24) is 30.8 Å². The summed E-state index contributed by atoms with van der Waals surface area (Å²) in [5.74, 6) is 0.579. The summed E-state index contributed by atoms with van der Waals surface area (Å²) >= 11 is 0. The fourth-order valence-corrected chi connectivity index (χ4v) is 5.17. The first-order chi connectivity index (χ1) is 18.2. The summed E-state index contributed by atoms with van der Waals surface area (Å²) in [5, 5.41) is 17.1. The second-order valence-electron chi connectivity index (χ2n) is 9.70. The van der Waals surface area contributed by atoms with Crippen molar-refractivity contribution in [1.29, 1.82) is 0 Å². The van der Waals surface area contributed by atoms with Crippen LogP contribution in [0.2, 0.25) is 0 Å². The highest BCUT2D eigenvalue weighted by Crippen LogP contribution is 2.35. The van der Waals surface area contributed by atoms with E-state index in [4.69, 9.17) is 9.47 Å². The number of nitrogens with zero attached hydrogens (tertiary/aromatic N) is 4. The molecule has 12 heteroatoms. The quantitative estimate of drug-likeness (QED) is 0.479. The van der Waals surface area contributed by atoms with Crippen LogP contribution in [0.25, 0.3) is 11.4 Å². The minimum absolute atomic E-state index is 0.0877. The molecule has 0 bridgehead atoms. The van der Waals surface area contributed by atoms with E-state index in [0.717, 1.165) is 23.3 Å². The molecule has 9 nitrogen and oxygen atoms in total. The molecule has 0 radical (unpaired) electrons. The number of likely N-dealkylation sites (tertiary alicyclic amines) is 1. The number of tetrazole rings is 1. The molecule has 5 rings (SSSR count). The Morgan fingerprint density at radius 3 is 2.66 bits per heavy atom. The molecule has 2 aromatic carbocycles. The van der Waals surface area contributed by atoms with E-state index < -0.39 is 17.3 Å². The lowest BCUT2D eigenvalue weighted by Crippen LogP contribution is -2.61. The number of amides is 1. The summed E-state index contributed by atoms with van der Waals surface area (Å²) < 4.78 is 50.8. The molecule has 3 heterocycles. The highest BCUT2D eigenvalue weighted by molar-refractivity contribution is 5.87. The van der Waals surface area contributed by atoms with Gasteiger partial charge < -0.3 is 14.8 Å². The molecule has 2 fully saturated rings. The highest BCUT2D eigenvalue weighted by Gasteiger charge is 2.48. The molecule has 2 saturated heterocycles. The Balaban J connectivity index is 1.26. The largest absolute Gasteiger partial charge is 0.489 e. The molecule has 1 aromatic heterocycles. The van der Waals surface area contributed by atoms with E-state index >= 15 is 0 Å². The van der Waals surface area contributed by atoms with Gasteiger partial charge in [0.25, 0.3) is 0 Å². The molecule has 0 saturated carbocycles. The standard InChI is InChI=1S/C26H29F3N6O3/c1-17(18-5-7-19(8-6-18)23-31-33-34-32-23)30-24(36)25(10-13-37-14-11-25)35-12-9-22(16-35)38-21-4-2-3-20(15-21)26(27,28)29/h2-8,15,17,22H,9-14,16H2,1H3,(H,30,36)(H,31,32,33,34)/t17?,22-/m1/s1. The maximum absolute atomic E-state index is 13.8. The van der Waals surface area contributed by atoms with Crippen molar-refractivity contribution in [2.24, 2.45) is 0 Å². The molecule has 2 atom stereocenters. The number of nitrogens with one attached hydrogen (secondary N) is 2. The number of hydrogen-bond donors (Lipinski definition) is 2. The monoisotopic (exact) mass is 530 g/mol. The first kappa shape index (κ1) is 26.1. The third kappa shape index (κ3) is 5.51. The Labute approximate surface area is 217 Å². The van der Waals surface area contributed by atoms with Gasteiger partial charge >= 0.3 is 6.18 Å². The Bertz CT molecular complexity index is 1230. The number of ether oxygens (including phenoxy) is 2. The minimum atomic E-state index is -4.44. The van der Waals surface area contributed by atoms with Crippen molar-refractivity contribution < 1.29 is 27.4 Å². The fraction of sp³-hybridized carbons (Fsp3) is 0.462. The summed E-state index contributed by atoms with van der Waals surface area (Å²) in [6, 6.07) is 12.3. The zero-order valence-electron chi connectivity index (χ0n) is 20.9. The molecule has 2 aliphatic heterocycles. The number of benzene rings is 2. The molecule has 3 aromatic rings. The smallest absolute Gasteiger partial charge is 0.416 e. The molecule has 0 aliphatic carbocycles. The number of hydrogen-bond acceptors (Lipinski definition) is 7. The predicted molar refractivity (Wildman–Crippen MR) is 131 cm³/mol. The van der Waals surface area contributed by atoms with Gasteiger partial charge in [-0.2, -0.15) is 18.4 Å². The number of carbonyl (C=O) groups excluding carboxylic acids is 1. The van der Waals surface area contributed by atoms with Crippen LogP contribution < -0.4 is 10.1 Å². The van der Waals surface area contributed by atoms with Gasteiger partial charge in [0.05, 0.1) is 11.6 Å². The number of rotatable bonds is 7. The second kappa shape index (κ2) is 10.7. The van der Waals surface area contributed by atoms with Crippen LogP contribution in [0.4, 0.5) is 13.2 Å². The predicted octanol–water partition coefficient (Wildman–Crippen LogP) is 3.77. The Kier molecular flexibility index (Phi) is 7.35. The van der Waals surface area contributed by atoms with Crippen molar-refractivity contribution in [2.75, 3.05) is 26.3 Å². The zero-order valence-corrected chi connectivity index (χ0v) is 20.9. The zero-order chi connectivity index (χ0) is 26.8. The van der Waals surface area contributed by atoms with Crippen molar-refractivity contribution in [2.45, 2.75) is 50.0 Å². The van der Waals surface area contributed by atoms with Crippen molar-refractivity contribution in [3.8, 4) is 17.1 Å². The van der Waals surface area contributed by atoms with Crippen LogP contribution in [0.5, 0.6) is 5.75 Å². The first-order valence-corrected chi connectivity index (χ1v) is 12.6. The molecule has 1 unspecified atom stereocenters. The van der Waals surface area contributed by atoms with Crippen molar-refractivity contribution >= 4 is 5.91 Å². The van der Waals surface area contributed by atoms with Crippen LogP contribution in [0.15, 0.2) is 48.5 Å². The molecule has 38 heavy (non-hydrogen) atoms. The number of H-pyrrole nitrogens is 1. The van der Waals surface area contributed by atoms with E-state index in [9.17, 15) is 18.0 Å². The van der Waals surface area contributed by atoms with Gasteiger partial charge in [0.1, 0.15) is 17.4 Å². The van der Waals surface area contributed by atoms with Gasteiger partial charge in [-0.05, 0) is 55.2 Å². The topological polar surface area (TPSA) is 105 Å². The lowest BCUT2D eigenvalue weighted by atomic mass is 9.86. The van der Waals surface area contributed by atoms with E-state index in [1.807, 2.05) is 31.2 Å². The third-order valence-corrected chi connectivity index (χ3v) is 7.32. The normalized spacial score (nSPS) is 20.7. The Morgan fingerprint density at radius 2 is 1.97 bits per heavy atom. The summed E-state index contributed by atoms with van der Waals surface area (Å²) in [5.41, 5.74) is 0.221. The molecule has 2 aliphatic rings. The summed E-state index contributed by atoms with van der Waals surface area (Å²) in [6.45, 7) is 3.88. The lowest BCUT2D eigenvalue weighted by molar-refractivity contribution is -0.141. The van der Waals surface area contributed by atoms with Gasteiger partial charge in [0.15, 0.2) is 0 Å². The highest BCUT2D eigenvalue weighted by atomic mass is 19.4. The number of halogens is 3. The Hall–Kier alpha value is -3.51. The molecule has 2 N–H and O–H groups in total. The van der Waals surface area contributed by atoms with Gasteiger partial charge in [0, 0.05) is 31.9 Å². The minimum Gasteiger partial charge on any atom is -0.489 e. The van der Waals surface area contributed by atoms with E-state index in [1.165, 1.54) is 12.1 Å². The van der Waals surface area contributed by atoms with Gasteiger partial charge in [-0.15, -0.1) is 10.2 Å². The van der Waals surface area contributed by atoms with Crippen LogP contribution in [0, 0.1) is 0 Å². The van der Waals surface area contributed by atoms with Crippen LogP contribution in [0.3, 0.4) is 0 Å². The van der Waals surface area contributed by atoms with Crippen LogP contribution >= 0.6 is 0 Å². The van der Waals surface area contributed by atoms with Crippen molar-refractivity contribution in [3.05, 3.63) is 59.7 Å². The molecular formula is C26H29F3N6O3.